The molecule has 1 N–H and O–H groups in total. The first-order valence-corrected chi connectivity index (χ1v) is 7.21. The van der Waals surface area contributed by atoms with E-state index in [4.69, 9.17) is 16.3 Å². The van der Waals surface area contributed by atoms with Crippen molar-refractivity contribution in [1.82, 2.24) is 5.32 Å². The molecule has 1 aromatic carbocycles. The normalized spacial score (nSPS) is 16.5. The minimum atomic E-state index is -0.126. The van der Waals surface area contributed by atoms with Crippen molar-refractivity contribution in [2.75, 3.05) is 13.0 Å². The maximum atomic E-state index is 11.9. The van der Waals surface area contributed by atoms with Crippen LogP contribution in [0, 0.1) is 0 Å². The summed E-state index contributed by atoms with van der Waals surface area (Å²) in [6, 6.07) is 7.82. The fraction of sp³-hybridized carbons (Fsp3) is 0.533. The van der Waals surface area contributed by atoms with Gasteiger partial charge in [-0.15, -0.1) is 11.6 Å². The summed E-state index contributed by atoms with van der Waals surface area (Å²) in [6.45, 7) is 0. The predicted molar refractivity (Wildman–Crippen MR) is 76.8 cm³/mol. The van der Waals surface area contributed by atoms with Gasteiger partial charge in [-0.05, 0) is 43.4 Å². The Morgan fingerprint density at radius 1 is 1.37 bits per heavy atom. The standard InChI is InChI=1S/C15H20ClNO2/c1-19-13-6-3-12(4-7-13)5-8-14(18)17-15(11-16)9-2-10-15/h3-4,6-7H,2,5,8-11H2,1H3,(H,17,18). The van der Waals surface area contributed by atoms with Gasteiger partial charge in [0.15, 0.2) is 0 Å². The van der Waals surface area contributed by atoms with E-state index in [-0.39, 0.29) is 11.4 Å². The minimum absolute atomic E-state index is 0.0937. The van der Waals surface area contributed by atoms with E-state index in [0.29, 0.717) is 12.3 Å². The molecular formula is C15H20ClNO2. The van der Waals surface area contributed by atoms with Crippen LogP contribution in [0.1, 0.15) is 31.2 Å². The fourth-order valence-corrected chi connectivity index (χ4v) is 2.64. The second kappa shape index (κ2) is 6.29. The lowest BCUT2D eigenvalue weighted by Gasteiger charge is -2.41. The van der Waals surface area contributed by atoms with Crippen LogP contribution in [0.3, 0.4) is 0 Å². The molecule has 0 radical (unpaired) electrons. The Bertz CT molecular complexity index is 421. The number of ether oxygens (including phenoxy) is 1. The van der Waals surface area contributed by atoms with Crippen LogP contribution in [0.4, 0.5) is 0 Å². The third kappa shape index (κ3) is 3.63. The molecule has 19 heavy (non-hydrogen) atoms. The minimum Gasteiger partial charge on any atom is -0.497 e. The zero-order valence-electron chi connectivity index (χ0n) is 11.2. The highest BCUT2D eigenvalue weighted by Crippen LogP contribution is 2.32. The Balaban J connectivity index is 1.79. The zero-order chi connectivity index (χ0) is 13.7. The Kier molecular flexibility index (Phi) is 4.70. The molecule has 0 atom stereocenters. The van der Waals surface area contributed by atoms with Gasteiger partial charge in [0, 0.05) is 12.3 Å². The van der Waals surface area contributed by atoms with E-state index in [9.17, 15) is 4.79 Å². The number of hydrogen-bond acceptors (Lipinski definition) is 2. The molecule has 2 rings (SSSR count). The second-order valence-corrected chi connectivity index (χ2v) is 5.43. The summed E-state index contributed by atoms with van der Waals surface area (Å²) in [5, 5.41) is 3.08. The number of aryl methyl sites for hydroxylation is 1. The lowest BCUT2D eigenvalue weighted by molar-refractivity contribution is -0.123. The van der Waals surface area contributed by atoms with Crippen LogP contribution in [0.2, 0.25) is 0 Å². The lowest BCUT2D eigenvalue weighted by Crippen LogP contribution is -2.55. The largest absolute Gasteiger partial charge is 0.497 e. The number of rotatable bonds is 6. The molecule has 0 heterocycles. The maximum absolute atomic E-state index is 11.9. The summed E-state index contributed by atoms with van der Waals surface area (Å²) < 4.78 is 5.10. The summed E-state index contributed by atoms with van der Waals surface area (Å²) in [5.41, 5.74) is 1.02. The predicted octanol–water partition coefficient (Wildman–Crippen LogP) is 2.91. The molecule has 1 aliphatic carbocycles. The number of hydrogen-bond donors (Lipinski definition) is 1. The average Bonchev–Trinajstić information content (AvgIpc) is 2.41. The van der Waals surface area contributed by atoms with Crippen molar-refractivity contribution in [1.29, 1.82) is 0 Å². The Labute approximate surface area is 119 Å². The number of halogens is 1. The molecule has 1 aliphatic rings. The van der Waals surface area contributed by atoms with Gasteiger partial charge < -0.3 is 10.1 Å². The van der Waals surface area contributed by atoms with Crippen LogP contribution in [-0.4, -0.2) is 24.4 Å². The van der Waals surface area contributed by atoms with Gasteiger partial charge in [-0.25, -0.2) is 0 Å². The SMILES string of the molecule is COc1ccc(CCC(=O)NC2(CCl)CCC2)cc1. The van der Waals surface area contributed by atoms with Crippen LogP contribution in [0.5, 0.6) is 5.75 Å². The van der Waals surface area contributed by atoms with Crippen LogP contribution >= 0.6 is 11.6 Å². The van der Waals surface area contributed by atoms with Crippen molar-refractivity contribution in [2.45, 2.75) is 37.6 Å². The quantitative estimate of drug-likeness (QED) is 0.814. The van der Waals surface area contributed by atoms with E-state index in [1.54, 1.807) is 7.11 Å². The van der Waals surface area contributed by atoms with Gasteiger partial charge in [-0.2, -0.15) is 0 Å². The zero-order valence-corrected chi connectivity index (χ0v) is 12.0. The average molecular weight is 282 g/mol. The molecule has 1 amide bonds. The number of carbonyl (C=O) groups excluding carboxylic acids is 1. The number of carbonyl (C=O) groups is 1. The van der Waals surface area contributed by atoms with E-state index in [1.165, 1.54) is 0 Å². The first kappa shape index (κ1) is 14.2. The molecule has 1 saturated carbocycles. The summed E-state index contributed by atoms with van der Waals surface area (Å²) in [5.74, 6) is 1.45. The Morgan fingerprint density at radius 3 is 2.53 bits per heavy atom. The first-order valence-electron chi connectivity index (χ1n) is 6.67. The van der Waals surface area contributed by atoms with Crippen LogP contribution in [-0.2, 0) is 11.2 Å². The van der Waals surface area contributed by atoms with Crippen molar-refractivity contribution in [3.8, 4) is 5.75 Å². The van der Waals surface area contributed by atoms with Crippen molar-refractivity contribution < 1.29 is 9.53 Å². The molecule has 0 aliphatic heterocycles. The van der Waals surface area contributed by atoms with Crippen molar-refractivity contribution in [2.24, 2.45) is 0 Å². The van der Waals surface area contributed by atoms with Gasteiger partial charge in [0.1, 0.15) is 5.75 Å². The highest BCUT2D eigenvalue weighted by Gasteiger charge is 2.37. The van der Waals surface area contributed by atoms with Gasteiger partial charge in [0.2, 0.25) is 5.91 Å². The van der Waals surface area contributed by atoms with Crippen molar-refractivity contribution in [3.63, 3.8) is 0 Å². The number of alkyl halides is 1. The Hall–Kier alpha value is -1.22. The van der Waals surface area contributed by atoms with E-state index < -0.39 is 0 Å². The molecule has 0 unspecified atom stereocenters. The highest BCUT2D eigenvalue weighted by atomic mass is 35.5. The summed E-state index contributed by atoms with van der Waals surface area (Å²) in [7, 11) is 1.65. The van der Waals surface area contributed by atoms with E-state index in [1.807, 2.05) is 24.3 Å². The maximum Gasteiger partial charge on any atom is 0.220 e. The summed E-state index contributed by atoms with van der Waals surface area (Å²) >= 11 is 5.93. The summed E-state index contributed by atoms with van der Waals surface area (Å²) in [4.78, 5) is 11.9. The molecule has 1 aromatic rings. The Morgan fingerprint density at radius 2 is 2.05 bits per heavy atom. The van der Waals surface area contributed by atoms with Crippen LogP contribution in [0.25, 0.3) is 0 Å². The fourth-order valence-electron chi connectivity index (χ4n) is 2.30. The third-order valence-corrected chi connectivity index (χ3v) is 4.28. The highest BCUT2D eigenvalue weighted by molar-refractivity contribution is 6.18. The number of nitrogens with one attached hydrogen (secondary N) is 1. The smallest absolute Gasteiger partial charge is 0.220 e. The topological polar surface area (TPSA) is 38.3 Å². The van der Waals surface area contributed by atoms with E-state index >= 15 is 0 Å². The van der Waals surface area contributed by atoms with Crippen LogP contribution in [0.15, 0.2) is 24.3 Å². The molecule has 104 valence electrons. The van der Waals surface area contributed by atoms with E-state index in [0.717, 1.165) is 37.0 Å². The number of methoxy groups -OCH3 is 1. The monoisotopic (exact) mass is 281 g/mol. The molecule has 3 nitrogen and oxygen atoms in total. The number of benzene rings is 1. The molecule has 4 heteroatoms. The van der Waals surface area contributed by atoms with Crippen molar-refractivity contribution >= 4 is 17.5 Å². The molecule has 0 bridgehead atoms. The second-order valence-electron chi connectivity index (χ2n) is 5.16. The molecule has 0 spiro atoms. The lowest BCUT2D eigenvalue weighted by atomic mass is 9.78. The van der Waals surface area contributed by atoms with Crippen molar-refractivity contribution in [3.05, 3.63) is 29.8 Å². The van der Waals surface area contributed by atoms with E-state index in [2.05, 4.69) is 5.32 Å². The molecular weight excluding hydrogens is 262 g/mol. The molecule has 1 fully saturated rings. The molecule has 0 saturated heterocycles. The number of amides is 1. The first-order chi connectivity index (χ1) is 9.17. The van der Waals surface area contributed by atoms with Crippen LogP contribution < -0.4 is 10.1 Å². The van der Waals surface area contributed by atoms with Gasteiger partial charge in [0.25, 0.3) is 0 Å². The third-order valence-electron chi connectivity index (χ3n) is 3.77. The molecule has 0 aromatic heterocycles. The van der Waals surface area contributed by atoms with Gasteiger partial charge in [0.05, 0.1) is 12.6 Å². The van der Waals surface area contributed by atoms with Gasteiger partial charge >= 0.3 is 0 Å². The van der Waals surface area contributed by atoms with Gasteiger partial charge in [-0.3, -0.25) is 4.79 Å². The van der Waals surface area contributed by atoms with Gasteiger partial charge in [-0.1, -0.05) is 12.1 Å². The summed E-state index contributed by atoms with van der Waals surface area (Å²) in [6.07, 6.45) is 4.42.